The van der Waals surface area contributed by atoms with Crippen molar-refractivity contribution in [1.29, 1.82) is 0 Å². The van der Waals surface area contributed by atoms with Crippen LogP contribution in [0, 0.1) is 11.6 Å². The van der Waals surface area contributed by atoms with Crippen molar-refractivity contribution in [3.63, 3.8) is 0 Å². The molecule has 3 aromatic carbocycles. The van der Waals surface area contributed by atoms with E-state index in [1.807, 2.05) is 0 Å². The van der Waals surface area contributed by atoms with Crippen LogP contribution in [-0.4, -0.2) is 28.6 Å². The number of hydrogen-bond donors (Lipinski definition) is 1. The van der Waals surface area contributed by atoms with Crippen molar-refractivity contribution in [2.24, 2.45) is 0 Å². The van der Waals surface area contributed by atoms with Crippen LogP contribution in [0.1, 0.15) is 22.1 Å². The van der Waals surface area contributed by atoms with Gasteiger partial charge in [0, 0.05) is 29.8 Å². The molecule has 10 heteroatoms. The van der Waals surface area contributed by atoms with Crippen molar-refractivity contribution in [2.75, 3.05) is 17.0 Å². The molecular weight excluding hydrogens is 470 g/mol. The SMILES string of the molecule is O=C(Nc1ccc(F)cc1)[C@H](c1ccc(F)cc1)N(C(=O)c1cnccn1)c1ccc2c(c1)OCO2. The molecular formula is C26H18F2N4O4. The fourth-order valence-electron chi connectivity index (χ4n) is 3.76. The third kappa shape index (κ3) is 4.69. The molecule has 0 saturated carbocycles. The first kappa shape index (κ1) is 22.9. The Hall–Kier alpha value is -4.86. The number of carbonyl (C=O) groups is 2. The lowest BCUT2D eigenvalue weighted by atomic mass is 10.0. The van der Waals surface area contributed by atoms with Gasteiger partial charge >= 0.3 is 0 Å². The lowest BCUT2D eigenvalue weighted by Gasteiger charge is -2.31. The Kier molecular flexibility index (Phi) is 6.23. The van der Waals surface area contributed by atoms with Crippen LogP contribution >= 0.6 is 0 Å². The number of halogens is 2. The van der Waals surface area contributed by atoms with Gasteiger partial charge in [0.2, 0.25) is 6.79 Å². The number of ether oxygens (including phenoxy) is 2. The Balaban J connectivity index is 1.63. The maximum absolute atomic E-state index is 13.8. The number of nitrogens with one attached hydrogen (secondary N) is 1. The summed E-state index contributed by atoms with van der Waals surface area (Å²) in [6.45, 7) is 0.0172. The quantitative estimate of drug-likeness (QED) is 0.429. The molecule has 1 aromatic heterocycles. The molecule has 0 radical (unpaired) electrons. The zero-order valence-corrected chi connectivity index (χ0v) is 18.6. The Morgan fingerprint density at radius 2 is 1.58 bits per heavy atom. The van der Waals surface area contributed by atoms with Gasteiger partial charge in [-0.05, 0) is 54.1 Å². The molecule has 1 N–H and O–H groups in total. The van der Waals surface area contributed by atoms with Crippen molar-refractivity contribution in [3.05, 3.63) is 108 Å². The normalized spacial score (nSPS) is 12.6. The van der Waals surface area contributed by atoms with E-state index in [1.54, 1.807) is 18.2 Å². The van der Waals surface area contributed by atoms with Crippen LogP contribution in [0.4, 0.5) is 20.2 Å². The summed E-state index contributed by atoms with van der Waals surface area (Å²) in [6, 6.07) is 13.9. The Morgan fingerprint density at radius 1 is 0.889 bits per heavy atom. The molecule has 1 atom stereocenters. The number of carbonyl (C=O) groups excluding carboxylic acids is 2. The Labute approximate surface area is 204 Å². The van der Waals surface area contributed by atoms with Gasteiger partial charge in [-0.15, -0.1) is 0 Å². The third-order valence-corrected chi connectivity index (χ3v) is 5.44. The summed E-state index contributed by atoms with van der Waals surface area (Å²) in [5.41, 5.74) is 0.923. The number of nitrogens with zero attached hydrogens (tertiary/aromatic N) is 3. The van der Waals surface area contributed by atoms with E-state index in [0.717, 1.165) is 0 Å². The summed E-state index contributed by atoms with van der Waals surface area (Å²) in [7, 11) is 0. The minimum absolute atomic E-state index is 0.0168. The molecule has 1 aliphatic heterocycles. The molecule has 0 fully saturated rings. The average molecular weight is 488 g/mol. The summed E-state index contributed by atoms with van der Waals surface area (Å²) < 4.78 is 38.0. The van der Waals surface area contributed by atoms with Crippen molar-refractivity contribution < 1.29 is 27.8 Å². The van der Waals surface area contributed by atoms with Gasteiger partial charge in [-0.1, -0.05) is 12.1 Å². The molecule has 2 heterocycles. The molecule has 5 rings (SSSR count). The molecule has 2 amide bonds. The van der Waals surface area contributed by atoms with E-state index >= 15 is 0 Å². The summed E-state index contributed by atoms with van der Waals surface area (Å²) in [5, 5.41) is 2.71. The van der Waals surface area contributed by atoms with Gasteiger partial charge in [0.05, 0.1) is 6.20 Å². The highest BCUT2D eigenvalue weighted by Crippen LogP contribution is 2.39. The van der Waals surface area contributed by atoms with E-state index in [9.17, 15) is 18.4 Å². The second-order valence-electron chi connectivity index (χ2n) is 7.75. The number of hydrogen-bond acceptors (Lipinski definition) is 6. The first-order chi connectivity index (χ1) is 17.5. The van der Waals surface area contributed by atoms with E-state index in [1.165, 1.54) is 72.0 Å². The summed E-state index contributed by atoms with van der Waals surface area (Å²) >= 11 is 0. The molecule has 0 unspecified atom stereocenters. The van der Waals surface area contributed by atoms with Crippen LogP contribution in [-0.2, 0) is 4.79 Å². The summed E-state index contributed by atoms with van der Waals surface area (Å²) in [6.07, 6.45) is 4.05. The van der Waals surface area contributed by atoms with Crippen LogP contribution in [0.25, 0.3) is 0 Å². The molecule has 180 valence electrons. The van der Waals surface area contributed by atoms with Gasteiger partial charge in [-0.3, -0.25) is 19.5 Å². The standard InChI is InChI=1S/C26H18F2N4O4/c27-17-3-1-16(2-4-17)24(25(33)31-19-7-5-18(28)6-8-19)32(26(34)21-14-29-11-12-30-21)20-9-10-22-23(13-20)36-15-35-22/h1-14,24H,15H2,(H,31,33)/t24-/m0/s1. The number of benzene rings is 3. The number of rotatable bonds is 6. The molecule has 0 saturated heterocycles. The van der Waals surface area contributed by atoms with Gasteiger partial charge in [0.25, 0.3) is 11.8 Å². The predicted molar refractivity (Wildman–Crippen MR) is 126 cm³/mol. The van der Waals surface area contributed by atoms with Crippen molar-refractivity contribution in [2.45, 2.75) is 6.04 Å². The van der Waals surface area contributed by atoms with Gasteiger partial charge in [-0.2, -0.15) is 0 Å². The molecule has 4 aromatic rings. The molecule has 8 nitrogen and oxygen atoms in total. The van der Waals surface area contributed by atoms with Crippen LogP contribution in [0.3, 0.4) is 0 Å². The highest BCUT2D eigenvalue weighted by atomic mass is 19.1. The molecule has 1 aliphatic rings. The second-order valence-corrected chi connectivity index (χ2v) is 7.75. The van der Waals surface area contributed by atoms with E-state index in [0.29, 0.717) is 28.4 Å². The topological polar surface area (TPSA) is 93.7 Å². The van der Waals surface area contributed by atoms with E-state index in [-0.39, 0.29) is 12.5 Å². The van der Waals surface area contributed by atoms with E-state index in [2.05, 4.69) is 15.3 Å². The van der Waals surface area contributed by atoms with Crippen molar-refractivity contribution in [3.8, 4) is 11.5 Å². The lowest BCUT2D eigenvalue weighted by Crippen LogP contribution is -2.42. The lowest BCUT2D eigenvalue weighted by molar-refractivity contribution is -0.117. The Morgan fingerprint density at radius 3 is 2.28 bits per heavy atom. The average Bonchev–Trinajstić information content (AvgIpc) is 3.37. The van der Waals surface area contributed by atoms with Crippen LogP contribution in [0.15, 0.2) is 85.3 Å². The van der Waals surface area contributed by atoms with Crippen LogP contribution in [0.5, 0.6) is 11.5 Å². The third-order valence-electron chi connectivity index (χ3n) is 5.44. The van der Waals surface area contributed by atoms with Crippen LogP contribution in [0.2, 0.25) is 0 Å². The molecule has 0 spiro atoms. The monoisotopic (exact) mass is 488 g/mol. The predicted octanol–water partition coefficient (Wildman–Crippen LogP) is 4.51. The molecule has 36 heavy (non-hydrogen) atoms. The minimum Gasteiger partial charge on any atom is -0.454 e. The van der Waals surface area contributed by atoms with Gasteiger partial charge in [-0.25, -0.2) is 13.8 Å². The highest BCUT2D eigenvalue weighted by molar-refractivity contribution is 6.11. The van der Waals surface area contributed by atoms with Crippen molar-refractivity contribution in [1.82, 2.24) is 9.97 Å². The van der Waals surface area contributed by atoms with E-state index in [4.69, 9.17) is 9.47 Å². The maximum Gasteiger partial charge on any atom is 0.279 e. The number of amides is 2. The van der Waals surface area contributed by atoms with E-state index < -0.39 is 29.5 Å². The minimum atomic E-state index is -1.27. The second kappa shape index (κ2) is 9.79. The number of aromatic nitrogens is 2. The summed E-state index contributed by atoms with van der Waals surface area (Å²) in [4.78, 5) is 36.7. The van der Waals surface area contributed by atoms with Gasteiger partial charge in [0.15, 0.2) is 11.5 Å². The molecule has 0 bridgehead atoms. The van der Waals surface area contributed by atoms with Crippen molar-refractivity contribution >= 4 is 23.2 Å². The highest BCUT2D eigenvalue weighted by Gasteiger charge is 2.35. The first-order valence-electron chi connectivity index (χ1n) is 10.8. The number of fused-ring (bicyclic) bond motifs is 1. The summed E-state index contributed by atoms with van der Waals surface area (Å²) in [5.74, 6) is -1.36. The van der Waals surface area contributed by atoms with Gasteiger partial charge < -0.3 is 14.8 Å². The molecule has 0 aliphatic carbocycles. The fourth-order valence-corrected chi connectivity index (χ4v) is 3.76. The zero-order valence-electron chi connectivity index (χ0n) is 18.6. The zero-order chi connectivity index (χ0) is 25.1. The largest absolute Gasteiger partial charge is 0.454 e. The Bertz CT molecular complexity index is 1400. The fraction of sp³-hybridized carbons (Fsp3) is 0.0769. The first-order valence-corrected chi connectivity index (χ1v) is 10.8. The maximum atomic E-state index is 13.8. The number of anilines is 2. The van der Waals surface area contributed by atoms with Crippen LogP contribution < -0.4 is 19.7 Å². The smallest absolute Gasteiger partial charge is 0.279 e. The van der Waals surface area contributed by atoms with Gasteiger partial charge in [0.1, 0.15) is 23.4 Å².